The van der Waals surface area contributed by atoms with Crippen LogP contribution < -0.4 is 4.90 Å². The minimum atomic E-state index is 1.07. The molecular formula is C62H43N. The van der Waals surface area contributed by atoms with Gasteiger partial charge in [0.05, 0.1) is 0 Å². The second kappa shape index (κ2) is 16.7. The number of hydrogen-bond acceptors (Lipinski definition) is 1. The van der Waals surface area contributed by atoms with Crippen LogP contribution in [0.5, 0.6) is 0 Å². The van der Waals surface area contributed by atoms with Crippen LogP contribution in [0.2, 0.25) is 0 Å². The van der Waals surface area contributed by atoms with E-state index in [1.807, 2.05) is 0 Å². The molecule has 0 atom stereocenters. The fourth-order valence-corrected chi connectivity index (χ4v) is 9.24. The highest BCUT2D eigenvalue weighted by Gasteiger charge is 2.22. The molecule has 0 aliphatic rings. The molecule has 0 aliphatic carbocycles. The molecular weight excluding hydrogens is 759 g/mol. The van der Waals surface area contributed by atoms with E-state index in [-0.39, 0.29) is 0 Å². The fourth-order valence-electron chi connectivity index (χ4n) is 9.24. The molecule has 0 bridgehead atoms. The van der Waals surface area contributed by atoms with Gasteiger partial charge >= 0.3 is 0 Å². The Balaban J connectivity index is 1.25. The summed E-state index contributed by atoms with van der Waals surface area (Å²) in [5.41, 5.74) is 17.4. The van der Waals surface area contributed by atoms with Crippen LogP contribution in [0.1, 0.15) is 0 Å². The van der Waals surface area contributed by atoms with Gasteiger partial charge in [0, 0.05) is 17.1 Å². The molecule has 63 heavy (non-hydrogen) atoms. The first-order valence-corrected chi connectivity index (χ1v) is 21.7. The molecule has 1 nitrogen and oxygen atoms in total. The number of benzene rings is 11. The van der Waals surface area contributed by atoms with Gasteiger partial charge in [-0.2, -0.15) is 0 Å². The number of anilines is 3. The van der Waals surface area contributed by atoms with Crippen LogP contribution in [-0.4, -0.2) is 0 Å². The number of nitrogens with zero attached hydrogens (tertiary/aromatic N) is 1. The van der Waals surface area contributed by atoms with E-state index < -0.39 is 0 Å². The number of fused-ring (bicyclic) bond motifs is 3. The van der Waals surface area contributed by atoms with Crippen LogP contribution in [0, 0.1) is 0 Å². The number of hydrogen-bond donors (Lipinski definition) is 0. The monoisotopic (exact) mass is 801 g/mol. The summed E-state index contributed by atoms with van der Waals surface area (Å²) in [5.74, 6) is 0. The molecule has 0 unspecified atom stereocenters. The Bertz CT molecular complexity index is 3100. The van der Waals surface area contributed by atoms with E-state index in [0.29, 0.717) is 0 Å². The van der Waals surface area contributed by atoms with Crippen LogP contribution in [-0.2, 0) is 0 Å². The molecule has 0 saturated heterocycles. The van der Waals surface area contributed by atoms with Crippen molar-refractivity contribution >= 4 is 38.6 Å². The van der Waals surface area contributed by atoms with E-state index in [0.717, 1.165) is 39.3 Å². The minimum Gasteiger partial charge on any atom is -0.310 e. The molecule has 0 radical (unpaired) electrons. The summed E-state index contributed by atoms with van der Waals surface area (Å²) in [6.45, 7) is 0. The van der Waals surface area contributed by atoms with E-state index in [2.05, 4.69) is 266 Å². The quantitative estimate of drug-likeness (QED) is 0.131. The molecule has 0 N–H and O–H groups in total. The van der Waals surface area contributed by atoms with Gasteiger partial charge in [-0.3, -0.25) is 0 Å². The van der Waals surface area contributed by atoms with E-state index in [1.165, 1.54) is 66.1 Å². The average Bonchev–Trinajstić information content (AvgIpc) is 3.37. The molecule has 11 aromatic rings. The Morgan fingerprint density at radius 3 is 0.857 bits per heavy atom. The lowest BCUT2D eigenvalue weighted by Gasteiger charge is -2.29. The maximum absolute atomic E-state index is 2.48. The molecule has 11 rings (SSSR count). The molecule has 0 saturated carbocycles. The number of rotatable bonds is 9. The Hall–Kier alpha value is -8.26. The van der Waals surface area contributed by atoms with Gasteiger partial charge in [0.15, 0.2) is 0 Å². The molecule has 296 valence electrons. The van der Waals surface area contributed by atoms with Crippen molar-refractivity contribution in [2.45, 2.75) is 0 Å². The zero-order valence-electron chi connectivity index (χ0n) is 34.8. The second-order valence-corrected chi connectivity index (χ2v) is 16.1. The van der Waals surface area contributed by atoms with Gasteiger partial charge in [0.2, 0.25) is 0 Å². The SMILES string of the molecule is c1ccc(-c2cc(-c3ccccc3)cc(N(c3cc(-c4ccccc4)cc(-c4ccccc4)c3)c3ccc4c(c3)c(-c3ccccc3)c(-c3ccccc3)c3ccccc34)c2)cc1. The van der Waals surface area contributed by atoms with E-state index in [1.54, 1.807) is 0 Å². The first-order valence-electron chi connectivity index (χ1n) is 21.7. The van der Waals surface area contributed by atoms with Crippen molar-refractivity contribution in [3.63, 3.8) is 0 Å². The van der Waals surface area contributed by atoms with Crippen LogP contribution >= 0.6 is 0 Å². The highest BCUT2D eigenvalue weighted by Crippen LogP contribution is 2.48. The van der Waals surface area contributed by atoms with Crippen molar-refractivity contribution in [1.29, 1.82) is 0 Å². The lowest BCUT2D eigenvalue weighted by Crippen LogP contribution is -2.11. The third kappa shape index (κ3) is 7.37. The zero-order chi connectivity index (χ0) is 42.0. The van der Waals surface area contributed by atoms with Crippen LogP contribution in [0.3, 0.4) is 0 Å². The maximum Gasteiger partial charge on any atom is 0.0473 e. The second-order valence-electron chi connectivity index (χ2n) is 16.1. The summed E-state index contributed by atoms with van der Waals surface area (Å²) in [5, 5.41) is 4.90. The lowest BCUT2D eigenvalue weighted by molar-refractivity contribution is 1.29. The summed E-state index contributed by atoms with van der Waals surface area (Å²) < 4.78 is 0. The van der Waals surface area contributed by atoms with Crippen LogP contribution in [0.4, 0.5) is 17.1 Å². The Labute approximate surface area is 369 Å². The molecule has 0 amide bonds. The molecule has 0 fully saturated rings. The Morgan fingerprint density at radius 2 is 0.476 bits per heavy atom. The van der Waals surface area contributed by atoms with Crippen molar-refractivity contribution in [2.24, 2.45) is 0 Å². The van der Waals surface area contributed by atoms with Gasteiger partial charge in [-0.15, -0.1) is 0 Å². The first kappa shape index (κ1) is 37.7. The van der Waals surface area contributed by atoms with Crippen molar-refractivity contribution in [3.05, 3.63) is 261 Å². The fraction of sp³-hybridized carbons (Fsp3) is 0. The van der Waals surface area contributed by atoms with Crippen molar-refractivity contribution in [1.82, 2.24) is 0 Å². The topological polar surface area (TPSA) is 3.24 Å². The molecule has 0 aromatic heterocycles. The standard InChI is InChI=1S/C62H43N/c1-7-21-44(22-8-1)50-37-51(45-23-9-2-10-24-45)40-55(39-50)63(56-41-52(46-25-11-3-12-26-46)38-53(42-56)47-27-13-4-14-28-47)54-35-36-58-57-33-19-20-34-59(57)61(48-29-15-5-16-30-48)62(60(58)43-54)49-31-17-6-18-32-49/h1-43H. The normalized spacial score (nSPS) is 11.2. The predicted octanol–water partition coefficient (Wildman–Crippen LogP) is 17.5. The predicted molar refractivity (Wildman–Crippen MR) is 269 cm³/mol. The van der Waals surface area contributed by atoms with E-state index in [4.69, 9.17) is 0 Å². The molecule has 0 aliphatic heterocycles. The van der Waals surface area contributed by atoms with Crippen molar-refractivity contribution in [3.8, 4) is 66.8 Å². The van der Waals surface area contributed by atoms with Gasteiger partial charge in [-0.1, -0.05) is 212 Å². The molecule has 11 aromatic carbocycles. The highest BCUT2D eigenvalue weighted by molar-refractivity contribution is 6.22. The van der Waals surface area contributed by atoms with Crippen LogP contribution in [0.25, 0.3) is 88.3 Å². The molecule has 0 heterocycles. The Kier molecular flexibility index (Phi) is 9.97. The van der Waals surface area contributed by atoms with Gasteiger partial charge < -0.3 is 4.90 Å². The van der Waals surface area contributed by atoms with Gasteiger partial charge in [-0.25, -0.2) is 0 Å². The zero-order valence-corrected chi connectivity index (χ0v) is 34.8. The van der Waals surface area contributed by atoms with Crippen LogP contribution in [0.15, 0.2) is 261 Å². The largest absolute Gasteiger partial charge is 0.310 e. The summed E-state index contributed by atoms with van der Waals surface area (Å²) >= 11 is 0. The summed E-state index contributed by atoms with van der Waals surface area (Å²) in [7, 11) is 0. The highest BCUT2D eigenvalue weighted by atomic mass is 15.1. The molecule has 1 heteroatoms. The van der Waals surface area contributed by atoms with E-state index in [9.17, 15) is 0 Å². The summed E-state index contributed by atoms with van der Waals surface area (Å²) in [6.07, 6.45) is 0. The average molecular weight is 802 g/mol. The van der Waals surface area contributed by atoms with E-state index >= 15 is 0 Å². The summed E-state index contributed by atoms with van der Waals surface area (Å²) in [4.78, 5) is 2.48. The minimum absolute atomic E-state index is 1.07. The third-order valence-electron chi connectivity index (χ3n) is 12.2. The van der Waals surface area contributed by atoms with Gasteiger partial charge in [-0.05, 0) is 137 Å². The lowest BCUT2D eigenvalue weighted by atomic mass is 9.85. The summed E-state index contributed by atoms with van der Waals surface area (Å²) in [6, 6.07) is 94.9. The van der Waals surface area contributed by atoms with Crippen molar-refractivity contribution < 1.29 is 0 Å². The maximum atomic E-state index is 2.48. The smallest absolute Gasteiger partial charge is 0.0473 e. The first-order chi connectivity index (χ1) is 31.2. The van der Waals surface area contributed by atoms with Gasteiger partial charge in [0.25, 0.3) is 0 Å². The van der Waals surface area contributed by atoms with Gasteiger partial charge in [0.1, 0.15) is 0 Å². The third-order valence-corrected chi connectivity index (χ3v) is 12.2. The molecule has 0 spiro atoms. The Morgan fingerprint density at radius 1 is 0.175 bits per heavy atom. The van der Waals surface area contributed by atoms with Crippen molar-refractivity contribution in [2.75, 3.05) is 4.90 Å².